The molecule has 0 saturated heterocycles. The van der Waals surface area contributed by atoms with E-state index < -0.39 is 0 Å². The van der Waals surface area contributed by atoms with Gasteiger partial charge in [0.05, 0.1) is 11.3 Å². The minimum atomic E-state index is 0.375. The first-order valence-electron chi connectivity index (χ1n) is 5.14. The molecule has 0 amide bonds. The van der Waals surface area contributed by atoms with E-state index in [1.165, 1.54) is 0 Å². The molecule has 0 aliphatic rings. The van der Waals surface area contributed by atoms with Crippen molar-refractivity contribution in [2.45, 2.75) is 13.3 Å². The Bertz CT molecular complexity index is 375. The van der Waals surface area contributed by atoms with Crippen LogP contribution in [0.1, 0.15) is 17.7 Å². The maximum absolute atomic E-state index is 5.67. The number of hydrogen-bond acceptors (Lipinski definition) is 4. The van der Waals surface area contributed by atoms with Gasteiger partial charge in [0, 0.05) is 27.3 Å². The molecule has 16 heavy (non-hydrogen) atoms. The lowest BCUT2D eigenvalue weighted by atomic mass is 10.2. The summed E-state index contributed by atoms with van der Waals surface area (Å²) in [6.45, 7) is 3.43. The first-order valence-corrected chi connectivity index (χ1v) is 5.55. The molecule has 3 N–H and O–H groups in total. The summed E-state index contributed by atoms with van der Waals surface area (Å²) < 4.78 is 6.74. The molecule has 90 valence electrons. The van der Waals surface area contributed by atoms with Crippen molar-refractivity contribution < 1.29 is 4.74 Å². The molecule has 0 radical (unpaired) electrons. The van der Waals surface area contributed by atoms with Gasteiger partial charge < -0.3 is 15.8 Å². The van der Waals surface area contributed by atoms with Crippen molar-refractivity contribution in [2.24, 2.45) is 12.8 Å². The summed E-state index contributed by atoms with van der Waals surface area (Å²) in [5.41, 5.74) is 7.35. The van der Waals surface area contributed by atoms with Gasteiger partial charge in [-0.3, -0.25) is 4.68 Å². The molecule has 0 unspecified atom stereocenters. The van der Waals surface area contributed by atoms with Gasteiger partial charge in [-0.1, -0.05) is 12.2 Å². The maximum atomic E-state index is 5.67. The number of aromatic nitrogens is 2. The summed E-state index contributed by atoms with van der Waals surface area (Å²) in [5.74, 6) is 0.876. The predicted molar refractivity (Wildman–Crippen MR) is 68.8 cm³/mol. The van der Waals surface area contributed by atoms with E-state index in [0.717, 1.165) is 36.6 Å². The number of aryl methyl sites for hydroxylation is 2. The molecule has 0 aliphatic heterocycles. The Morgan fingerprint density at radius 2 is 2.31 bits per heavy atom. The molecule has 1 rings (SSSR count). The number of thiocarbonyl (C=S) groups is 1. The Morgan fingerprint density at radius 3 is 2.88 bits per heavy atom. The fourth-order valence-electron chi connectivity index (χ4n) is 1.58. The second kappa shape index (κ2) is 5.81. The van der Waals surface area contributed by atoms with Gasteiger partial charge in [0.1, 0.15) is 10.8 Å². The summed E-state index contributed by atoms with van der Waals surface area (Å²) in [6, 6.07) is 0. The van der Waals surface area contributed by atoms with E-state index in [-0.39, 0.29) is 0 Å². The molecular formula is C10H18N4OS. The average Bonchev–Trinajstić information content (AvgIpc) is 2.48. The van der Waals surface area contributed by atoms with Crippen molar-refractivity contribution in [1.29, 1.82) is 0 Å². The van der Waals surface area contributed by atoms with Crippen LogP contribution in [0.4, 0.5) is 5.82 Å². The fraction of sp³-hybridized carbons (Fsp3) is 0.600. The van der Waals surface area contributed by atoms with E-state index in [1.807, 2.05) is 14.0 Å². The lowest BCUT2D eigenvalue weighted by molar-refractivity contribution is 0.197. The monoisotopic (exact) mass is 242 g/mol. The molecule has 1 aromatic heterocycles. The van der Waals surface area contributed by atoms with Gasteiger partial charge in [-0.25, -0.2) is 0 Å². The molecule has 6 heteroatoms. The van der Waals surface area contributed by atoms with Crippen LogP contribution < -0.4 is 11.1 Å². The lowest BCUT2D eigenvalue weighted by Crippen LogP contribution is -2.15. The van der Waals surface area contributed by atoms with Crippen LogP contribution in [0.2, 0.25) is 0 Å². The van der Waals surface area contributed by atoms with Crippen LogP contribution in [0.15, 0.2) is 0 Å². The highest BCUT2D eigenvalue weighted by Crippen LogP contribution is 2.18. The van der Waals surface area contributed by atoms with Crippen LogP contribution in [0.3, 0.4) is 0 Å². The molecule has 0 aliphatic carbocycles. The standard InChI is InChI=1S/C10H18N4OS/c1-7-8(9(11)16)10(14(2)13-7)12-5-4-6-15-3/h12H,4-6H2,1-3H3,(H2,11,16). The van der Waals surface area contributed by atoms with Crippen LogP contribution in [0, 0.1) is 6.92 Å². The number of rotatable bonds is 6. The molecule has 1 aromatic rings. The van der Waals surface area contributed by atoms with E-state index in [9.17, 15) is 0 Å². The first kappa shape index (κ1) is 12.9. The Labute approximate surface area is 101 Å². The number of nitrogens with zero attached hydrogens (tertiary/aromatic N) is 2. The second-order valence-electron chi connectivity index (χ2n) is 3.57. The third-order valence-corrected chi connectivity index (χ3v) is 2.49. The zero-order valence-corrected chi connectivity index (χ0v) is 10.7. The minimum absolute atomic E-state index is 0.375. The quantitative estimate of drug-likeness (QED) is 0.571. The Hall–Kier alpha value is -1.14. The van der Waals surface area contributed by atoms with Crippen molar-refractivity contribution in [3.8, 4) is 0 Å². The summed E-state index contributed by atoms with van der Waals surface area (Å²) >= 11 is 5.01. The molecular weight excluding hydrogens is 224 g/mol. The first-order chi connectivity index (χ1) is 7.57. The highest BCUT2D eigenvalue weighted by atomic mass is 32.1. The molecule has 0 fully saturated rings. The van der Waals surface area contributed by atoms with Crippen LogP contribution in [-0.4, -0.2) is 35.0 Å². The average molecular weight is 242 g/mol. The summed E-state index contributed by atoms with van der Waals surface area (Å²) in [7, 11) is 3.56. The topological polar surface area (TPSA) is 65.1 Å². The summed E-state index contributed by atoms with van der Waals surface area (Å²) in [6.07, 6.45) is 0.928. The van der Waals surface area contributed by atoms with Gasteiger partial charge >= 0.3 is 0 Å². The van der Waals surface area contributed by atoms with Crippen molar-refractivity contribution in [2.75, 3.05) is 25.6 Å². The minimum Gasteiger partial charge on any atom is -0.389 e. The van der Waals surface area contributed by atoms with Gasteiger partial charge in [-0.05, 0) is 13.3 Å². The van der Waals surface area contributed by atoms with E-state index in [1.54, 1.807) is 11.8 Å². The Kier molecular flexibility index (Phi) is 4.70. The molecule has 0 atom stereocenters. The normalized spacial score (nSPS) is 10.4. The summed E-state index contributed by atoms with van der Waals surface area (Å²) in [5, 5.41) is 7.56. The van der Waals surface area contributed by atoms with Gasteiger partial charge in [-0.15, -0.1) is 0 Å². The number of nitrogens with one attached hydrogen (secondary N) is 1. The zero-order chi connectivity index (χ0) is 12.1. The SMILES string of the molecule is COCCCNc1c(C(N)=S)c(C)nn1C. The van der Waals surface area contributed by atoms with Gasteiger partial charge in [0.25, 0.3) is 0 Å². The maximum Gasteiger partial charge on any atom is 0.134 e. The van der Waals surface area contributed by atoms with Crippen molar-refractivity contribution in [3.05, 3.63) is 11.3 Å². The second-order valence-corrected chi connectivity index (χ2v) is 4.01. The molecule has 0 aromatic carbocycles. The van der Waals surface area contributed by atoms with Crippen LogP contribution in [0.5, 0.6) is 0 Å². The molecule has 0 saturated carbocycles. The highest BCUT2D eigenvalue weighted by Gasteiger charge is 2.14. The number of ether oxygens (including phenoxy) is 1. The Balaban J connectivity index is 2.74. The third-order valence-electron chi connectivity index (χ3n) is 2.29. The van der Waals surface area contributed by atoms with Gasteiger partial charge in [0.15, 0.2) is 0 Å². The van der Waals surface area contributed by atoms with Crippen molar-refractivity contribution >= 4 is 23.0 Å². The van der Waals surface area contributed by atoms with Crippen LogP contribution in [0.25, 0.3) is 0 Å². The zero-order valence-electron chi connectivity index (χ0n) is 9.91. The predicted octanol–water partition coefficient (Wildman–Crippen LogP) is 0.811. The third kappa shape index (κ3) is 2.93. The largest absolute Gasteiger partial charge is 0.389 e. The van der Waals surface area contributed by atoms with Crippen LogP contribution >= 0.6 is 12.2 Å². The lowest BCUT2D eigenvalue weighted by Gasteiger charge is -2.08. The molecule has 0 bridgehead atoms. The van der Waals surface area contributed by atoms with Gasteiger partial charge in [-0.2, -0.15) is 5.10 Å². The van der Waals surface area contributed by atoms with Gasteiger partial charge in [0.2, 0.25) is 0 Å². The smallest absolute Gasteiger partial charge is 0.134 e. The number of anilines is 1. The number of methoxy groups -OCH3 is 1. The molecule has 0 spiro atoms. The number of hydrogen-bond donors (Lipinski definition) is 2. The van der Waals surface area contributed by atoms with Crippen molar-refractivity contribution in [1.82, 2.24) is 9.78 Å². The van der Waals surface area contributed by atoms with Crippen molar-refractivity contribution in [3.63, 3.8) is 0 Å². The number of nitrogens with two attached hydrogens (primary N) is 1. The highest BCUT2D eigenvalue weighted by molar-refractivity contribution is 7.80. The van der Waals surface area contributed by atoms with Crippen LogP contribution in [-0.2, 0) is 11.8 Å². The summed E-state index contributed by atoms with van der Waals surface area (Å²) in [4.78, 5) is 0.375. The molecule has 5 nitrogen and oxygen atoms in total. The van der Waals surface area contributed by atoms with E-state index in [0.29, 0.717) is 4.99 Å². The molecule has 1 heterocycles. The van der Waals surface area contributed by atoms with E-state index in [4.69, 9.17) is 22.7 Å². The van der Waals surface area contributed by atoms with E-state index in [2.05, 4.69) is 10.4 Å². The van der Waals surface area contributed by atoms with E-state index >= 15 is 0 Å². The fourth-order valence-corrected chi connectivity index (χ4v) is 1.82. The Morgan fingerprint density at radius 1 is 1.62 bits per heavy atom.